The van der Waals surface area contributed by atoms with E-state index in [-0.39, 0.29) is 6.61 Å². The van der Waals surface area contributed by atoms with Gasteiger partial charge in [0, 0.05) is 12.1 Å². The molecule has 0 aliphatic heterocycles. The fourth-order valence-electron chi connectivity index (χ4n) is 1.60. The fraction of sp³-hybridized carbons (Fsp3) is 0.308. The van der Waals surface area contributed by atoms with Gasteiger partial charge in [-0.2, -0.15) is 0 Å². The van der Waals surface area contributed by atoms with Gasteiger partial charge in [-0.1, -0.05) is 30.3 Å². The van der Waals surface area contributed by atoms with Crippen molar-refractivity contribution in [2.45, 2.75) is 6.54 Å². The van der Waals surface area contributed by atoms with Gasteiger partial charge in [-0.05, 0) is 7.05 Å². The van der Waals surface area contributed by atoms with Crippen molar-refractivity contribution in [1.82, 2.24) is 9.88 Å². The molecular formula is C13H16N2O2. The summed E-state index contributed by atoms with van der Waals surface area (Å²) in [5.41, 5.74) is 1.02. The van der Waals surface area contributed by atoms with Crippen LogP contribution >= 0.6 is 0 Å². The molecule has 90 valence electrons. The zero-order valence-corrected chi connectivity index (χ0v) is 9.84. The molecule has 1 N–H and O–H groups in total. The lowest BCUT2D eigenvalue weighted by Crippen LogP contribution is -2.21. The first-order valence-electron chi connectivity index (χ1n) is 5.59. The highest BCUT2D eigenvalue weighted by Gasteiger charge is 2.07. The summed E-state index contributed by atoms with van der Waals surface area (Å²) in [6, 6.07) is 9.88. The molecule has 0 aliphatic rings. The first-order chi connectivity index (χ1) is 8.29. The maximum absolute atomic E-state index is 8.81. The van der Waals surface area contributed by atoms with Crippen molar-refractivity contribution in [1.29, 1.82) is 0 Å². The van der Waals surface area contributed by atoms with Crippen LogP contribution in [0.15, 0.2) is 40.9 Å². The average molecular weight is 232 g/mol. The standard InChI is InChI=1S/C13H16N2O2/c1-15(7-8-16)10-13-14-9-12(17-13)11-5-3-2-4-6-11/h2-6,9,16H,7-8,10H2,1H3. The minimum atomic E-state index is 0.142. The van der Waals surface area contributed by atoms with Gasteiger partial charge in [0.05, 0.1) is 19.3 Å². The van der Waals surface area contributed by atoms with E-state index in [1.54, 1.807) is 6.20 Å². The molecule has 1 heterocycles. The zero-order chi connectivity index (χ0) is 12.1. The van der Waals surface area contributed by atoms with Gasteiger partial charge in [-0.25, -0.2) is 4.98 Å². The Morgan fingerprint density at radius 2 is 2.06 bits per heavy atom. The summed E-state index contributed by atoms with van der Waals surface area (Å²) in [5, 5.41) is 8.81. The van der Waals surface area contributed by atoms with Crippen LogP contribution < -0.4 is 0 Å². The van der Waals surface area contributed by atoms with Crippen LogP contribution in [0, 0.1) is 0 Å². The number of hydrogen-bond acceptors (Lipinski definition) is 4. The molecule has 0 bridgehead atoms. The number of likely N-dealkylation sites (N-methyl/N-ethyl adjacent to an activating group) is 1. The van der Waals surface area contributed by atoms with E-state index >= 15 is 0 Å². The highest BCUT2D eigenvalue weighted by atomic mass is 16.4. The predicted octanol–water partition coefficient (Wildman–Crippen LogP) is 1.77. The summed E-state index contributed by atoms with van der Waals surface area (Å²) in [6.07, 6.45) is 1.73. The molecule has 2 rings (SSSR count). The SMILES string of the molecule is CN(CCO)Cc1ncc(-c2ccccc2)o1. The molecule has 0 saturated heterocycles. The molecule has 0 radical (unpaired) electrons. The zero-order valence-electron chi connectivity index (χ0n) is 9.84. The molecule has 4 heteroatoms. The molecule has 1 aromatic carbocycles. The first kappa shape index (κ1) is 11.8. The summed E-state index contributed by atoms with van der Waals surface area (Å²) in [7, 11) is 1.92. The Balaban J connectivity index is 2.06. The summed E-state index contributed by atoms with van der Waals surface area (Å²) < 4.78 is 5.65. The highest BCUT2D eigenvalue weighted by molar-refractivity contribution is 5.55. The van der Waals surface area contributed by atoms with Crippen LogP contribution in [0.25, 0.3) is 11.3 Å². The molecule has 1 aromatic heterocycles. The largest absolute Gasteiger partial charge is 0.439 e. The maximum atomic E-state index is 8.81. The molecule has 0 spiro atoms. The number of aliphatic hydroxyl groups is 1. The molecule has 0 fully saturated rings. The molecule has 2 aromatic rings. The van der Waals surface area contributed by atoms with Gasteiger partial charge in [0.2, 0.25) is 5.89 Å². The molecule has 0 aliphatic carbocycles. The van der Waals surface area contributed by atoms with Crippen LogP contribution in [-0.4, -0.2) is 35.2 Å². The van der Waals surface area contributed by atoms with E-state index in [0.717, 1.165) is 11.3 Å². The quantitative estimate of drug-likeness (QED) is 0.853. The Morgan fingerprint density at radius 1 is 1.29 bits per heavy atom. The summed E-state index contributed by atoms with van der Waals surface area (Å²) in [6.45, 7) is 1.36. The topological polar surface area (TPSA) is 49.5 Å². The van der Waals surface area contributed by atoms with E-state index in [1.165, 1.54) is 0 Å². The van der Waals surface area contributed by atoms with Crippen molar-refractivity contribution >= 4 is 0 Å². The second-order valence-corrected chi connectivity index (χ2v) is 3.95. The van der Waals surface area contributed by atoms with Crippen LogP contribution in [0.1, 0.15) is 5.89 Å². The van der Waals surface area contributed by atoms with Crippen LogP contribution in [0.5, 0.6) is 0 Å². The van der Waals surface area contributed by atoms with Crippen molar-refractivity contribution in [3.63, 3.8) is 0 Å². The Kier molecular flexibility index (Phi) is 3.90. The second kappa shape index (κ2) is 5.61. The summed E-state index contributed by atoms with van der Waals surface area (Å²) >= 11 is 0. The van der Waals surface area contributed by atoms with Crippen molar-refractivity contribution in [2.75, 3.05) is 20.2 Å². The molecule has 17 heavy (non-hydrogen) atoms. The number of rotatable bonds is 5. The monoisotopic (exact) mass is 232 g/mol. The van der Waals surface area contributed by atoms with Gasteiger partial charge in [0.25, 0.3) is 0 Å². The summed E-state index contributed by atoms with van der Waals surface area (Å²) in [5.74, 6) is 1.44. The van der Waals surface area contributed by atoms with E-state index in [4.69, 9.17) is 9.52 Å². The minimum Gasteiger partial charge on any atom is -0.439 e. The molecule has 0 unspecified atom stereocenters. The molecule has 4 nitrogen and oxygen atoms in total. The smallest absolute Gasteiger partial charge is 0.209 e. The molecule has 0 amide bonds. The number of aliphatic hydroxyl groups excluding tert-OH is 1. The van der Waals surface area contributed by atoms with E-state index in [2.05, 4.69) is 4.98 Å². The average Bonchev–Trinajstić information content (AvgIpc) is 2.79. The third-order valence-electron chi connectivity index (χ3n) is 2.50. The number of aromatic nitrogens is 1. The van der Waals surface area contributed by atoms with Crippen LogP contribution in [0.4, 0.5) is 0 Å². The van der Waals surface area contributed by atoms with Crippen molar-refractivity contribution in [3.8, 4) is 11.3 Å². The lowest BCUT2D eigenvalue weighted by molar-refractivity contribution is 0.206. The van der Waals surface area contributed by atoms with Crippen molar-refractivity contribution < 1.29 is 9.52 Å². The van der Waals surface area contributed by atoms with Crippen LogP contribution in [0.2, 0.25) is 0 Å². The second-order valence-electron chi connectivity index (χ2n) is 3.95. The van der Waals surface area contributed by atoms with Gasteiger partial charge in [0.1, 0.15) is 0 Å². The van der Waals surface area contributed by atoms with E-state index in [1.807, 2.05) is 42.3 Å². The van der Waals surface area contributed by atoms with E-state index < -0.39 is 0 Å². The number of oxazole rings is 1. The lowest BCUT2D eigenvalue weighted by Gasteiger charge is -2.11. The Labute approximate surface area is 101 Å². The van der Waals surface area contributed by atoms with Gasteiger partial charge in [-0.15, -0.1) is 0 Å². The fourth-order valence-corrected chi connectivity index (χ4v) is 1.60. The van der Waals surface area contributed by atoms with E-state index in [0.29, 0.717) is 19.0 Å². The van der Waals surface area contributed by atoms with Crippen molar-refractivity contribution in [2.24, 2.45) is 0 Å². The van der Waals surface area contributed by atoms with Gasteiger partial charge in [-0.3, -0.25) is 4.90 Å². The Hall–Kier alpha value is -1.65. The first-order valence-corrected chi connectivity index (χ1v) is 5.59. The third kappa shape index (κ3) is 3.15. The third-order valence-corrected chi connectivity index (χ3v) is 2.50. The van der Waals surface area contributed by atoms with Gasteiger partial charge >= 0.3 is 0 Å². The summed E-state index contributed by atoms with van der Waals surface area (Å²) in [4.78, 5) is 6.18. The number of nitrogens with zero attached hydrogens (tertiary/aromatic N) is 2. The molecular weight excluding hydrogens is 216 g/mol. The number of benzene rings is 1. The molecule has 0 atom stereocenters. The Morgan fingerprint density at radius 3 is 2.76 bits per heavy atom. The van der Waals surface area contributed by atoms with E-state index in [9.17, 15) is 0 Å². The van der Waals surface area contributed by atoms with Gasteiger partial charge < -0.3 is 9.52 Å². The minimum absolute atomic E-state index is 0.142. The van der Waals surface area contributed by atoms with Crippen LogP contribution in [0.3, 0.4) is 0 Å². The van der Waals surface area contributed by atoms with Gasteiger partial charge in [0.15, 0.2) is 5.76 Å². The van der Waals surface area contributed by atoms with Crippen molar-refractivity contribution in [3.05, 3.63) is 42.4 Å². The molecule has 0 saturated carbocycles. The normalized spacial score (nSPS) is 11.0. The predicted molar refractivity (Wildman–Crippen MR) is 65.4 cm³/mol. The number of hydrogen-bond donors (Lipinski definition) is 1. The Bertz CT molecular complexity index is 453. The lowest BCUT2D eigenvalue weighted by atomic mass is 10.2. The highest BCUT2D eigenvalue weighted by Crippen LogP contribution is 2.19. The maximum Gasteiger partial charge on any atom is 0.209 e. The van der Waals surface area contributed by atoms with Crippen LogP contribution in [-0.2, 0) is 6.54 Å².